The Balaban J connectivity index is 0.000000177. The minimum absolute atomic E-state index is 0.264. The third kappa shape index (κ3) is 9.07. The molecule has 0 aliphatic carbocycles. The number of thiophene rings is 1. The molecule has 2 aromatic carbocycles. The van der Waals surface area contributed by atoms with E-state index in [4.69, 9.17) is 9.97 Å². The highest BCUT2D eigenvalue weighted by Gasteiger charge is 2.14. The maximum Gasteiger partial charge on any atom is 0.223 e. The normalized spacial score (nSPS) is 10.8. The van der Waals surface area contributed by atoms with Gasteiger partial charge in [0, 0.05) is 72.5 Å². The summed E-state index contributed by atoms with van der Waals surface area (Å²) in [5.41, 5.74) is 6.96. The second kappa shape index (κ2) is 17.2. The number of rotatable bonds is 11. The van der Waals surface area contributed by atoms with Crippen molar-refractivity contribution in [2.24, 2.45) is 0 Å². The molecule has 0 unspecified atom stereocenters. The van der Waals surface area contributed by atoms with Gasteiger partial charge in [-0.15, -0.1) is 11.3 Å². The minimum Gasteiger partial charge on any atom is -0.353 e. The van der Waals surface area contributed by atoms with Gasteiger partial charge in [-0.3, -0.25) is 9.97 Å². The molecule has 256 valence electrons. The lowest BCUT2D eigenvalue weighted by atomic mass is 10.0. The molecule has 0 aliphatic heterocycles. The third-order valence-electron chi connectivity index (χ3n) is 8.14. The second-order valence-corrected chi connectivity index (χ2v) is 12.3. The summed E-state index contributed by atoms with van der Waals surface area (Å²) in [5, 5.41) is 5.30. The highest BCUT2D eigenvalue weighted by atomic mass is 32.1. The summed E-state index contributed by atoms with van der Waals surface area (Å²) in [6.45, 7) is 8.04. The fourth-order valence-electron chi connectivity index (χ4n) is 5.38. The third-order valence-corrected chi connectivity index (χ3v) is 9.01. The zero-order valence-corrected chi connectivity index (χ0v) is 29.1. The van der Waals surface area contributed by atoms with Crippen molar-refractivity contribution < 1.29 is 8.78 Å². The number of likely N-dealkylation sites (N-methyl/N-ethyl adjacent to an activating group) is 1. The lowest BCUT2D eigenvalue weighted by Crippen LogP contribution is -2.29. The van der Waals surface area contributed by atoms with Crippen molar-refractivity contribution in [3.8, 4) is 55.5 Å². The first-order valence-corrected chi connectivity index (χ1v) is 17.5. The molecule has 0 aliphatic rings. The first-order chi connectivity index (χ1) is 25.0. The van der Waals surface area contributed by atoms with Gasteiger partial charge in [0.1, 0.15) is 11.6 Å². The Morgan fingerprint density at radius 3 is 1.67 bits per heavy atom. The molecule has 0 spiro atoms. The summed E-state index contributed by atoms with van der Waals surface area (Å²) in [7, 11) is 0. The number of halogens is 2. The molecule has 11 heteroatoms. The van der Waals surface area contributed by atoms with Crippen molar-refractivity contribution >= 4 is 17.3 Å². The summed E-state index contributed by atoms with van der Waals surface area (Å²) in [5.74, 6) is 0.739. The van der Waals surface area contributed by atoms with E-state index in [1.807, 2.05) is 41.8 Å². The summed E-state index contributed by atoms with van der Waals surface area (Å²) in [4.78, 5) is 29.9. The van der Waals surface area contributed by atoms with Crippen molar-refractivity contribution in [3.63, 3.8) is 0 Å². The zero-order valence-electron chi connectivity index (χ0n) is 28.2. The van der Waals surface area contributed by atoms with Gasteiger partial charge in [0.15, 0.2) is 5.82 Å². The van der Waals surface area contributed by atoms with E-state index < -0.39 is 0 Å². The van der Waals surface area contributed by atoms with Crippen LogP contribution in [-0.4, -0.2) is 61.0 Å². The smallest absolute Gasteiger partial charge is 0.223 e. The predicted octanol–water partition coefficient (Wildman–Crippen LogP) is 9.17. The number of pyridine rings is 2. The molecule has 0 bridgehead atoms. The molecule has 0 saturated heterocycles. The van der Waals surface area contributed by atoms with E-state index in [9.17, 15) is 8.78 Å². The van der Waals surface area contributed by atoms with Gasteiger partial charge in [-0.2, -0.15) is 0 Å². The van der Waals surface area contributed by atoms with Crippen LogP contribution in [0.2, 0.25) is 0 Å². The quantitative estimate of drug-likeness (QED) is 0.143. The van der Waals surface area contributed by atoms with Crippen LogP contribution >= 0.6 is 11.3 Å². The van der Waals surface area contributed by atoms with E-state index in [0.29, 0.717) is 11.8 Å². The fraction of sp³-hybridized carbons (Fsp3) is 0.150. The van der Waals surface area contributed by atoms with Crippen LogP contribution < -0.4 is 5.32 Å². The number of aromatic nitrogens is 6. The molecule has 0 atom stereocenters. The largest absolute Gasteiger partial charge is 0.353 e. The number of benzene rings is 2. The number of anilines is 1. The van der Waals surface area contributed by atoms with E-state index in [0.717, 1.165) is 75.8 Å². The zero-order chi connectivity index (χ0) is 35.4. The first-order valence-electron chi connectivity index (χ1n) is 16.6. The average molecular weight is 699 g/mol. The number of nitrogens with zero attached hydrogens (tertiary/aromatic N) is 7. The Hall–Kier alpha value is -5.78. The molecule has 0 saturated carbocycles. The van der Waals surface area contributed by atoms with Crippen LogP contribution in [0.3, 0.4) is 0 Å². The van der Waals surface area contributed by atoms with E-state index >= 15 is 0 Å². The highest BCUT2D eigenvalue weighted by Crippen LogP contribution is 2.33. The lowest BCUT2D eigenvalue weighted by molar-refractivity contribution is 0.316. The predicted molar refractivity (Wildman–Crippen MR) is 201 cm³/mol. The molecule has 0 radical (unpaired) electrons. The maximum absolute atomic E-state index is 13.3. The van der Waals surface area contributed by atoms with Crippen LogP contribution in [0.15, 0.2) is 127 Å². The molecule has 8 nitrogen and oxygen atoms in total. The van der Waals surface area contributed by atoms with Crippen molar-refractivity contribution in [3.05, 3.63) is 139 Å². The van der Waals surface area contributed by atoms with Crippen LogP contribution in [0.1, 0.15) is 13.8 Å². The molecule has 5 heterocycles. The summed E-state index contributed by atoms with van der Waals surface area (Å²) >= 11 is 1.60. The van der Waals surface area contributed by atoms with E-state index in [1.165, 1.54) is 24.3 Å². The van der Waals surface area contributed by atoms with Gasteiger partial charge >= 0.3 is 0 Å². The molecular formula is C40H36F2N8S. The van der Waals surface area contributed by atoms with Crippen LogP contribution in [-0.2, 0) is 0 Å². The van der Waals surface area contributed by atoms with Crippen molar-refractivity contribution in [1.29, 1.82) is 0 Å². The Labute approximate surface area is 300 Å². The summed E-state index contributed by atoms with van der Waals surface area (Å²) in [6.07, 6.45) is 10.5. The average Bonchev–Trinajstić information content (AvgIpc) is 3.74. The van der Waals surface area contributed by atoms with Gasteiger partial charge in [0.2, 0.25) is 5.95 Å². The molecule has 0 fully saturated rings. The van der Waals surface area contributed by atoms with Crippen molar-refractivity contribution in [2.75, 3.05) is 31.5 Å². The molecule has 51 heavy (non-hydrogen) atoms. The summed E-state index contributed by atoms with van der Waals surface area (Å²) < 4.78 is 26.5. The van der Waals surface area contributed by atoms with E-state index in [1.54, 1.807) is 72.8 Å². The molecule has 0 amide bonds. The molecular weight excluding hydrogens is 663 g/mol. The Kier molecular flexibility index (Phi) is 11.9. The van der Waals surface area contributed by atoms with Crippen LogP contribution in [0.25, 0.3) is 55.5 Å². The molecule has 5 aromatic heterocycles. The second-order valence-electron chi connectivity index (χ2n) is 11.3. The number of hydrogen-bond donors (Lipinski definition) is 1. The Morgan fingerprint density at radius 1 is 0.627 bits per heavy atom. The van der Waals surface area contributed by atoms with Crippen molar-refractivity contribution in [1.82, 2.24) is 34.8 Å². The van der Waals surface area contributed by atoms with Crippen LogP contribution in [0.5, 0.6) is 0 Å². The standard InChI is InChI=1S/C21H24FN5.C19H12FN3S/c1-3-27(4-2)14-13-24-21-25-15-19(16-5-7-18(22)8-6-16)20(26-21)17-9-11-23-12-10-17;20-15-5-3-13(4-6-15)16-12-22-19(17-2-1-11-24-17)23-18(16)14-7-9-21-10-8-14/h5-12,15H,3-4,13-14H2,1-2H3,(H,24,25,26);1-12H. The molecule has 1 N–H and O–H groups in total. The van der Waals surface area contributed by atoms with Crippen molar-refractivity contribution in [2.45, 2.75) is 13.8 Å². The highest BCUT2D eigenvalue weighted by molar-refractivity contribution is 7.13. The van der Waals surface area contributed by atoms with Gasteiger partial charge in [-0.25, -0.2) is 28.7 Å². The molecule has 7 aromatic rings. The van der Waals surface area contributed by atoms with Gasteiger partial charge in [-0.05, 0) is 84.2 Å². The van der Waals surface area contributed by atoms with Gasteiger partial charge in [0.05, 0.1) is 16.3 Å². The maximum atomic E-state index is 13.3. The SMILES string of the molecule is CCN(CC)CCNc1ncc(-c2ccc(F)cc2)c(-c2ccncc2)n1.Fc1ccc(-c2cnc(-c3cccs3)nc2-c2ccncc2)cc1. The van der Waals surface area contributed by atoms with Gasteiger partial charge < -0.3 is 10.2 Å². The van der Waals surface area contributed by atoms with E-state index in [-0.39, 0.29) is 11.6 Å². The number of hydrogen-bond acceptors (Lipinski definition) is 9. The van der Waals surface area contributed by atoms with E-state index in [2.05, 4.69) is 44.0 Å². The van der Waals surface area contributed by atoms with Crippen LogP contribution in [0, 0.1) is 11.6 Å². The fourth-order valence-corrected chi connectivity index (χ4v) is 6.04. The van der Waals surface area contributed by atoms with Gasteiger partial charge in [0.25, 0.3) is 0 Å². The minimum atomic E-state index is -0.264. The van der Waals surface area contributed by atoms with Crippen LogP contribution in [0.4, 0.5) is 14.7 Å². The van der Waals surface area contributed by atoms with Gasteiger partial charge in [-0.1, -0.05) is 44.2 Å². The topological polar surface area (TPSA) is 92.6 Å². The Bertz CT molecular complexity index is 2110. The summed E-state index contributed by atoms with van der Waals surface area (Å²) in [6, 6.07) is 24.4. The Morgan fingerprint density at radius 2 is 1.16 bits per heavy atom. The molecule has 7 rings (SSSR count). The monoisotopic (exact) mass is 698 g/mol. The number of nitrogens with one attached hydrogen (secondary N) is 1. The lowest BCUT2D eigenvalue weighted by Gasteiger charge is -2.18. The first kappa shape index (κ1) is 35.1.